The van der Waals surface area contributed by atoms with Gasteiger partial charge in [-0.05, 0) is 35.4 Å². The number of ether oxygens (including phenoxy) is 1. The van der Waals surface area contributed by atoms with Gasteiger partial charge in [0.15, 0.2) is 5.83 Å². The highest BCUT2D eigenvalue weighted by molar-refractivity contribution is 6.11. The van der Waals surface area contributed by atoms with Crippen molar-refractivity contribution in [2.75, 3.05) is 37.3 Å². The highest BCUT2D eigenvalue weighted by atomic mass is 19.4. The maximum Gasteiger partial charge on any atom is 0.405 e. The number of carbonyl (C=O) groups excluding carboxylic acids is 2. The van der Waals surface area contributed by atoms with Crippen LogP contribution in [0.15, 0.2) is 61.1 Å². The Morgan fingerprint density at radius 1 is 1.17 bits per heavy atom. The van der Waals surface area contributed by atoms with Crippen LogP contribution < -0.4 is 21.7 Å². The van der Waals surface area contributed by atoms with E-state index in [1.807, 2.05) is 0 Å². The van der Waals surface area contributed by atoms with Crippen molar-refractivity contribution in [2.24, 2.45) is 7.05 Å². The van der Waals surface area contributed by atoms with Gasteiger partial charge in [-0.3, -0.25) is 9.59 Å². The molecule has 9 nitrogen and oxygen atoms in total. The number of carbonyl (C=O) groups is 2. The molecule has 0 unspecified atom stereocenters. The summed E-state index contributed by atoms with van der Waals surface area (Å²) in [5.74, 6) is 1.67. The minimum Gasteiger partial charge on any atom is -0.383 e. The van der Waals surface area contributed by atoms with Gasteiger partial charge in [0.1, 0.15) is 24.8 Å². The number of benzene rings is 2. The number of nitrogens with zero attached hydrogens (tertiary/aromatic N) is 2. The van der Waals surface area contributed by atoms with Gasteiger partial charge in [0.25, 0.3) is 11.8 Å². The molecule has 2 aromatic carbocycles. The average molecular weight is 639 g/mol. The number of fused-ring (bicyclic) bond motifs is 1. The van der Waals surface area contributed by atoms with Crippen molar-refractivity contribution in [1.82, 2.24) is 20.2 Å². The van der Waals surface area contributed by atoms with E-state index in [1.165, 1.54) is 24.4 Å². The van der Waals surface area contributed by atoms with E-state index in [1.54, 1.807) is 29.1 Å². The molecule has 4 aromatic rings. The van der Waals surface area contributed by atoms with Crippen LogP contribution in [0, 0.1) is 17.7 Å². The molecule has 0 atom stereocenters. The van der Waals surface area contributed by atoms with Crippen LogP contribution in [0.1, 0.15) is 15.9 Å². The zero-order valence-electron chi connectivity index (χ0n) is 24.3. The molecule has 0 spiro atoms. The number of anilines is 2. The van der Waals surface area contributed by atoms with Gasteiger partial charge in [0.2, 0.25) is 0 Å². The molecule has 1 aliphatic heterocycles. The third kappa shape index (κ3) is 6.85. The summed E-state index contributed by atoms with van der Waals surface area (Å²) in [6.07, 6.45) is -3.09. The van der Waals surface area contributed by atoms with Gasteiger partial charge >= 0.3 is 6.18 Å². The van der Waals surface area contributed by atoms with E-state index in [-0.39, 0.29) is 29.8 Å². The largest absolute Gasteiger partial charge is 0.405 e. The number of aromatic nitrogens is 2. The van der Waals surface area contributed by atoms with E-state index < -0.39 is 41.7 Å². The van der Waals surface area contributed by atoms with E-state index in [9.17, 15) is 27.2 Å². The standard InChI is InChI=1S/C32H27F5N6O3/c1-17(33)30(44)42-21-8-5-18(6-9-21)27-25(19-7-10-23(24(34)12-19)31(45)41-16-32(35,36)37)26-28(43(27)2)20(13-40-29(26)38)4-3-11-46-22-14-39-15-22/h5-10,12-13,22,39H,1,11,14-16H2,2H3,(H2,38,40)(H,41,45)(H,42,44). The fraction of sp³-hybridized carbons (Fsp3) is 0.219. The van der Waals surface area contributed by atoms with E-state index in [0.717, 1.165) is 25.2 Å². The van der Waals surface area contributed by atoms with Gasteiger partial charge in [-0.25, -0.2) is 13.8 Å². The highest BCUT2D eigenvalue weighted by Crippen LogP contribution is 2.43. The van der Waals surface area contributed by atoms with Crippen LogP contribution in [0.5, 0.6) is 0 Å². The smallest absolute Gasteiger partial charge is 0.383 e. The molecule has 0 radical (unpaired) electrons. The SMILES string of the molecule is C=C(F)C(=O)Nc1ccc(-c2c(-c3ccc(C(=O)NCC(F)(F)F)c(F)c3)c3c(N)ncc(C#CCOC4CNC4)c3n2C)cc1. The number of hydrogen-bond acceptors (Lipinski definition) is 6. The van der Waals surface area contributed by atoms with Gasteiger partial charge < -0.3 is 31.0 Å². The number of amides is 2. The first kappa shape index (κ1) is 32.1. The molecule has 46 heavy (non-hydrogen) atoms. The number of aryl methyl sites for hydroxylation is 1. The van der Waals surface area contributed by atoms with Crippen molar-refractivity contribution in [1.29, 1.82) is 0 Å². The number of alkyl halides is 3. The van der Waals surface area contributed by atoms with Crippen LogP contribution in [-0.4, -0.2) is 59.9 Å². The van der Waals surface area contributed by atoms with Gasteiger partial charge in [-0.15, -0.1) is 0 Å². The molecule has 0 saturated carbocycles. The molecule has 0 bridgehead atoms. The zero-order valence-corrected chi connectivity index (χ0v) is 24.3. The molecule has 14 heteroatoms. The Balaban J connectivity index is 1.63. The monoisotopic (exact) mass is 638 g/mol. The first-order valence-corrected chi connectivity index (χ1v) is 13.8. The molecular formula is C32H27F5N6O3. The van der Waals surface area contributed by atoms with Crippen molar-refractivity contribution in [3.05, 3.63) is 78.0 Å². The maximum absolute atomic E-state index is 15.4. The third-order valence-corrected chi connectivity index (χ3v) is 7.21. The second-order valence-electron chi connectivity index (χ2n) is 10.4. The van der Waals surface area contributed by atoms with E-state index in [2.05, 4.69) is 34.0 Å². The van der Waals surface area contributed by atoms with Gasteiger partial charge in [0, 0.05) is 37.6 Å². The van der Waals surface area contributed by atoms with E-state index in [4.69, 9.17) is 10.5 Å². The summed E-state index contributed by atoms with van der Waals surface area (Å²) in [6, 6.07) is 9.84. The number of rotatable bonds is 8. The number of hydrogen-bond donors (Lipinski definition) is 4. The minimum absolute atomic E-state index is 0.0799. The predicted octanol–water partition coefficient (Wildman–Crippen LogP) is 4.68. The normalized spacial score (nSPS) is 13.1. The Bertz CT molecular complexity index is 1900. The van der Waals surface area contributed by atoms with Gasteiger partial charge in [-0.2, -0.15) is 13.2 Å². The van der Waals surface area contributed by atoms with Crippen LogP contribution in [0.2, 0.25) is 0 Å². The molecule has 1 fully saturated rings. The molecule has 0 aliphatic carbocycles. The molecule has 238 valence electrons. The third-order valence-electron chi connectivity index (χ3n) is 7.21. The van der Waals surface area contributed by atoms with Crippen LogP contribution in [-0.2, 0) is 16.6 Å². The Labute approximate surface area is 259 Å². The molecule has 5 rings (SSSR count). The topological polar surface area (TPSA) is 123 Å². The van der Waals surface area contributed by atoms with Crippen LogP contribution in [0.4, 0.5) is 33.5 Å². The van der Waals surface area contributed by atoms with Crippen molar-refractivity contribution in [2.45, 2.75) is 12.3 Å². The lowest BCUT2D eigenvalue weighted by Crippen LogP contribution is -2.48. The van der Waals surface area contributed by atoms with E-state index in [0.29, 0.717) is 33.3 Å². The second kappa shape index (κ2) is 13.0. The quantitative estimate of drug-likeness (QED) is 0.126. The van der Waals surface area contributed by atoms with E-state index >= 15 is 4.39 Å². The fourth-order valence-corrected chi connectivity index (χ4v) is 4.93. The van der Waals surface area contributed by atoms with Crippen LogP contribution >= 0.6 is 0 Å². The van der Waals surface area contributed by atoms with Crippen molar-refractivity contribution in [3.8, 4) is 34.2 Å². The van der Waals surface area contributed by atoms with Gasteiger partial charge in [0.05, 0.1) is 33.8 Å². The zero-order chi connectivity index (χ0) is 33.2. The summed E-state index contributed by atoms with van der Waals surface area (Å²) in [7, 11) is 1.74. The average Bonchev–Trinajstić information content (AvgIpc) is 3.29. The van der Waals surface area contributed by atoms with Crippen molar-refractivity contribution < 1.29 is 36.3 Å². The Morgan fingerprint density at radius 2 is 1.87 bits per heavy atom. The Hall–Kier alpha value is -5.26. The maximum atomic E-state index is 15.4. The fourth-order valence-electron chi connectivity index (χ4n) is 4.93. The lowest BCUT2D eigenvalue weighted by molar-refractivity contribution is -0.123. The minimum atomic E-state index is -4.67. The van der Waals surface area contributed by atoms with Crippen LogP contribution in [0.3, 0.4) is 0 Å². The van der Waals surface area contributed by atoms with Crippen LogP contribution in [0.25, 0.3) is 33.3 Å². The lowest BCUT2D eigenvalue weighted by Gasteiger charge is -2.25. The first-order valence-electron chi connectivity index (χ1n) is 13.8. The molecular weight excluding hydrogens is 611 g/mol. The number of nitrogens with two attached hydrogens (primary N) is 1. The van der Waals surface area contributed by atoms with Crippen molar-refractivity contribution in [3.63, 3.8) is 0 Å². The summed E-state index contributed by atoms with van der Waals surface area (Å²) in [6.45, 7) is 3.01. The first-order chi connectivity index (χ1) is 21.8. The Morgan fingerprint density at radius 3 is 2.48 bits per heavy atom. The van der Waals surface area contributed by atoms with Crippen molar-refractivity contribution >= 4 is 34.2 Å². The summed E-state index contributed by atoms with van der Waals surface area (Å²) in [5.41, 5.74) is 8.85. The lowest BCUT2D eigenvalue weighted by atomic mass is 9.96. The summed E-state index contributed by atoms with van der Waals surface area (Å²) >= 11 is 0. The second-order valence-corrected chi connectivity index (χ2v) is 10.4. The summed E-state index contributed by atoms with van der Waals surface area (Å²) in [5, 5.41) is 7.55. The summed E-state index contributed by atoms with van der Waals surface area (Å²) in [4.78, 5) is 28.4. The molecule has 5 N–H and O–H groups in total. The predicted molar refractivity (Wildman–Crippen MR) is 163 cm³/mol. The molecule has 1 saturated heterocycles. The highest BCUT2D eigenvalue weighted by Gasteiger charge is 2.29. The molecule has 2 aromatic heterocycles. The van der Waals surface area contributed by atoms with Gasteiger partial charge in [-0.1, -0.05) is 36.6 Å². The molecule has 3 heterocycles. The number of halogens is 5. The number of nitrogen functional groups attached to an aromatic ring is 1. The molecule has 1 aliphatic rings. The number of nitrogens with one attached hydrogen (secondary N) is 3. The molecule has 2 amide bonds. The Kier molecular flexibility index (Phi) is 9.08. The number of pyridine rings is 1. The summed E-state index contributed by atoms with van der Waals surface area (Å²) < 4.78 is 73.9.